The molecule has 0 radical (unpaired) electrons. The van der Waals surface area contributed by atoms with Crippen molar-refractivity contribution in [2.24, 2.45) is 11.8 Å². The first kappa shape index (κ1) is 20.3. The lowest BCUT2D eigenvalue weighted by Crippen LogP contribution is -2.50. The Kier molecular flexibility index (Phi) is 5.77. The van der Waals surface area contributed by atoms with E-state index in [0.29, 0.717) is 24.3 Å². The van der Waals surface area contributed by atoms with E-state index in [1.54, 1.807) is 0 Å². The van der Waals surface area contributed by atoms with Gasteiger partial charge in [0, 0.05) is 51.1 Å². The monoisotopic (exact) mass is 417 g/mol. The first-order valence-electron chi connectivity index (χ1n) is 11.6. The van der Waals surface area contributed by atoms with Crippen molar-refractivity contribution in [1.82, 2.24) is 15.1 Å². The molecule has 1 N–H and O–H groups in total. The van der Waals surface area contributed by atoms with Gasteiger partial charge in [-0.2, -0.15) is 0 Å². The van der Waals surface area contributed by atoms with Crippen molar-refractivity contribution in [3.05, 3.63) is 71.8 Å². The van der Waals surface area contributed by atoms with Gasteiger partial charge in [0.15, 0.2) is 0 Å². The van der Waals surface area contributed by atoms with E-state index in [9.17, 15) is 9.59 Å². The van der Waals surface area contributed by atoms with Gasteiger partial charge in [0.25, 0.3) is 0 Å². The second kappa shape index (κ2) is 8.83. The molecular weight excluding hydrogens is 386 g/mol. The van der Waals surface area contributed by atoms with Crippen LogP contribution in [-0.2, 0) is 9.59 Å². The third kappa shape index (κ3) is 4.67. The first-order valence-corrected chi connectivity index (χ1v) is 11.6. The third-order valence-electron chi connectivity index (χ3n) is 7.10. The van der Waals surface area contributed by atoms with Crippen LogP contribution in [0.25, 0.3) is 0 Å². The molecule has 0 aromatic heterocycles. The van der Waals surface area contributed by atoms with Crippen LogP contribution < -0.4 is 5.32 Å². The lowest BCUT2D eigenvalue weighted by Gasteiger charge is -2.35. The summed E-state index contributed by atoms with van der Waals surface area (Å²) in [5, 5.41) is 3.12. The lowest BCUT2D eigenvalue weighted by molar-refractivity contribution is -0.134. The molecule has 2 aromatic rings. The van der Waals surface area contributed by atoms with Gasteiger partial charge in [0.1, 0.15) is 0 Å². The molecule has 4 unspecified atom stereocenters. The maximum absolute atomic E-state index is 12.8. The number of hydrogen-bond acceptors (Lipinski definition) is 3. The molecule has 2 aliphatic carbocycles. The highest BCUT2D eigenvalue weighted by atomic mass is 16.2. The number of hydrogen-bond donors (Lipinski definition) is 1. The van der Waals surface area contributed by atoms with E-state index >= 15 is 0 Å². The Labute approximate surface area is 184 Å². The maximum atomic E-state index is 12.8. The number of piperazine rings is 1. The van der Waals surface area contributed by atoms with Crippen molar-refractivity contribution in [3.8, 4) is 0 Å². The van der Waals surface area contributed by atoms with Gasteiger partial charge >= 0.3 is 0 Å². The van der Waals surface area contributed by atoms with Crippen LogP contribution in [0.3, 0.4) is 0 Å². The number of rotatable bonds is 7. The highest BCUT2D eigenvalue weighted by Crippen LogP contribution is 2.48. The molecule has 0 bridgehead atoms. The molecule has 3 fully saturated rings. The Hall–Kier alpha value is -2.66. The fraction of sp³-hybridized carbons (Fsp3) is 0.462. The summed E-state index contributed by atoms with van der Waals surface area (Å²) >= 11 is 0. The SMILES string of the molecule is O=C(NCCN1CCN(C(=O)C2CC2c2ccccc2)CC1)C1CC1c1ccccc1. The quantitative estimate of drug-likeness (QED) is 0.754. The lowest BCUT2D eigenvalue weighted by atomic mass is 10.1. The van der Waals surface area contributed by atoms with Crippen LogP contribution >= 0.6 is 0 Å². The average Bonchev–Trinajstić information content (AvgIpc) is 3.74. The Balaban J connectivity index is 0.998. The van der Waals surface area contributed by atoms with E-state index in [2.05, 4.69) is 46.6 Å². The minimum absolute atomic E-state index is 0.132. The fourth-order valence-corrected chi connectivity index (χ4v) is 4.98. The Morgan fingerprint density at radius 3 is 1.94 bits per heavy atom. The molecule has 3 aliphatic rings. The van der Waals surface area contributed by atoms with E-state index in [-0.39, 0.29) is 17.7 Å². The molecular formula is C26H31N3O2. The predicted octanol–water partition coefficient (Wildman–Crippen LogP) is 2.85. The zero-order chi connectivity index (χ0) is 21.2. The van der Waals surface area contributed by atoms with Crippen molar-refractivity contribution >= 4 is 11.8 Å². The van der Waals surface area contributed by atoms with Gasteiger partial charge in [0.05, 0.1) is 0 Å². The number of carbonyl (C=O) groups excluding carboxylic acids is 2. The number of carbonyl (C=O) groups is 2. The third-order valence-corrected chi connectivity index (χ3v) is 7.10. The van der Waals surface area contributed by atoms with Gasteiger partial charge in [0.2, 0.25) is 11.8 Å². The van der Waals surface area contributed by atoms with Crippen LogP contribution in [-0.4, -0.2) is 60.9 Å². The van der Waals surface area contributed by atoms with Crippen LogP contribution in [0.4, 0.5) is 0 Å². The van der Waals surface area contributed by atoms with Crippen LogP contribution in [0.5, 0.6) is 0 Å². The van der Waals surface area contributed by atoms with Gasteiger partial charge < -0.3 is 10.2 Å². The van der Waals surface area contributed by atoms with Crippen molar-refractivity contribution in [1.29, 1.82) is 0 Å². The zero-order valence-electron chi connectivity index (χ0n) is 18.0. The van der Waals surface area contributed by atoms with Gasteiger partial charge in [-0.15, -0.1) is 0 Å². The molecule has 2 aromatic carbocycles. The highest BCUT2D eigenvalue weighted by molar-refractivity contribution is 5.83. The van der Waals surface area contributed by atoms with E-state index in [0.717, 1.165) is 45.6 Å². The second-order valence-corrected chi connectivity index (χ2v) is 9.18. The standard InChI is InChI=1S/C26H31N3O2/c30-25(23-17-21(23)19-7-3-1-4-8-19)27-11-12-28-13-15-29(16-14-28)26(31)24-18-22(24)20-9-5-2-6-10-20/h1-10,21-24H,11-18H2,(H,27,30). The molecule has 1 aliphatic heterocycles. The molecule has 1 heterocycles. The molecule has 2 saturated carbocycles. The van der Waals surface area contributed by atoms with Gasteiger partial charge in [-0.25, -0.2) is 0 Å². The predicted molar refractivity (Wildman–Crippen MR) is 121 cm³/mol. The summed E-state index contributed by atoms with van der Waals surface area (Å²) in [7, 11) is 0. The smallest absolute Gasteiger partial charge is 0.226 e. The van der Waals surface area contributed by atoms with E-state index in [1.807, 2.05) is 29.2 Å². The zero-order valence-corrected chi connectivity index (χ0v) is 18.0. The molecule has 5 nitrogen and oxygen atoms in total. The molecule has 0 spiro atoms. The second-order valence-electron chi connectivity index (χ2n) is 9.18. The van der Waals surface area contributed by atoms with Crippen LogP contribution in [0.15, 0.2) is 60.7 Å². The Morgan fingerprint density at radius 2 is 1.32 bits per heavy atom. The molecule has 4 atom stereocenters. The summed E-state index contributed by atoms with van der Waals surface area (Å²) < 4.78 is 0. The van der Waals surface area contributed by atoms with Gasteiger partial charge in [-0.05, 0) is 35.8 Å². The topological polar surface area (TPSA) is 52.7 Å². The minimum Gasteiger partial charge on any atom is -0.355 e. The molecule has 5 rings (SSSR count). The maximum Gasteiger partial charge on any atom is 0.226 e. The van der Waals surface area contributed by atoms with Crippen molar-refractivity contribution in [3.63, 3.8) is 0 Å². The number of amides is 2. The summed E-state index contributed by atoms with van der Waals surface area (Å²) in [5.41, 5.74) is 2.56. The van der Waals surface area contributed by atoms with Crippen LogP contribution in [0.2, 0.25) is 0 Å². The number of nitrogens with one attached hydrogen (secondary N) is 1. The number of benzene rings is 2. The molecule has 5 heteroatoms. The fourth-order valence-electron chi connectivity index (χ4n) is 4.98. The normalized spacial score (nSPS) is 27.5. The van der Waals surface area contributed by atoms with Crippen LogP contribution in [0, 0.1) is 11.8 Å². The largest absolute Gasteiger partial charge is 0.355 e. The van der Waals surface area contributed by atoms with Gasteiger partial charge in [-0.3, -0.25) is 14.5 Å². The summed E-state index contributed by atoms with van der Waals surface area (Å²) in [4.78, 5) is 29.6. The summed E-state index contributed by atoms with van der Waals surface area (Å²) in [6, 6.07) is 20.7. The molecule has 2 amide bonds. The minimum atomic E-state index is 0.132. The van der Waals surface area contributed by atoms with E-state index < -0.39 is 0 Å². The number of nitrogens with zero attached hydrogens (tertiary/aromatic N) is 2. The summed E-state index contributed by atoms with van der Waals surface area (Å²) in [5.74, 6) is 1.60. The highest BCUT2D eigenvalue weighted by Gasteiger charge is 2.46. The van der Waals surface area contributed by atoms with Gasteiger partial charge in [-0.1, -0.05) is 60.7 Å². The summed E-state index contributed by atoms with van der Waals surface area (Å²) in [6.07, 6.45) is 1.95. The molecule has 31 heavy (non-hydrogen) atoms. The molecule has 162 valence electrons. The first-order chi connectivity index (χ1) is 15.2. The van der Waals surface area contributed by atoms with E-state index in [1.165, 1.54) is 11.1 Å². The van der Waals surface area contributed by atoms with Crippen molar-refractivity contribution < 1.29 is 9.59 Å². The van der Waals surface area contributed by atoms with Crippen molar-refractivity contribution in [2.75, 3.05) is 39.3 Å². The molecule has 1 saturated heterocycles. The Bertz CT molecular complexity index is 906. The average molecular weight is 418 g/mol. The Morgan fingerprint density at radius 1 is 0.774 bits per heavy atom. The van der Waals surface area contributed by atoms with E-state index in [4.69, 9.17) is 0 Å². The van der Waals surface area contributed by atoms with Crippen LogP contribution in [0.1, 0.15) is 35.8 Å². The van der Waals surface area contributed by atoms with Crippen molar-refractivity contribution in [2.45, 2.75) is 24.7 Å². The summed E-state index contributed by atoms with van der Waals surface area (Å²) in [6.45, 7) is 4.91.